The molecule has 1 aromatic carbocycles. The van der Waals surface area contributed by atoms with Gasteiger partial charge in [0.05, 0.1) is 5.41 Å². The summed E-state index contributed by atoms with van der Waals surface area (Å²) in [5, 5.41) is 0. The van der Waals surface area contributed by atoms with Gasteiger partial charge >= 0.3 is 5.97 Å². The van der Waals surface area contributed by atoms with Gasteiger partial charge < -0.3 is 23.7 Å². The Morgan fingerprint density at radius 3 is 2.17 bits per heavy atom. The molecule has 2 fully saturated rings. The number of hydrogen-bond acceptors (Lipinski definition) is 7. The second kappa shape index (κ2) is 10.9. The SMILES string of the molecule is CC1(C)O[C@@H]([C@H]2OC(C)(C)O[C@@H]2Sc2ccccc2)[C@H]([C@@H](/C=C/C[Si](C)(C)C)OC(=O)C(C)(C)C)O1. The van der Waals surface area contributed by atoms with Gasteiger partial charge in [-0.2, -0.15) is 0 Å². The lowest BCUT2D eigenvalue weighted by molar-refractivity contribution is -0.176. The summed E-state index contributed by atoms with van der Waals surface area (Å²) in [6.07, 6.45) is 2.01. The number of hydrogen-bond donors (Lipinski definition) is 0. The molecule has 5 atom stereocenters. The number of thioether (sulfide) groups is 1. The number of carbonyl (C=O) groups excluding carboxylic acids is 1. The van der Waals surface area contributed by atoms with E-state index in [0.717, 1.165) is 10.9 Å². The van der Waals surface area contributed by atoms with E-state index in [2.05, 4.69) is 37.8 Å². The number of ether oxygens (including phenoxy) is 5. The Labute approximate surface area is 222 Å². The molecule has 1 aromatic rings. The van der Waals surface area contributed by atoms with Crippen molar-refractivity contribution in [1.29, 1.82) is 0 Å². The maximum Gasteiger partial charge on any atom is 0.311 e. The highest BCUT2D eigenvalue weighted by Crippen LogP contribution is 2.44. The number of esters is 1. The predicted octanol–water partition coefficient (Wildman–Crippen LogP) is 6.63. The lowest BCUT2D eigenvalue weighted by Crippen LogP contribution is -2.47. The van der Waals surface area contributed by atoms with Crippen molar-refractivity contribution in [1.82, 2.24) is 0 Å². The normalized spacial score (nSPS) is 28.9. The number of allylic oxidation sites excluding steroid dienone is 1. The minimum absolute atomic E-state index is 0.281. The molecule has 2 aliphatic heterocycles. The Kier molecular flexibility index (Phi) is 8.91. The van der Waals surface area contributed by atoms with Crippen molar-refractivity contribution in [3.8, 4) is 0 Å². The molecule has 0 radical (unpaired) electrons. The van der Waals surface area contributed by atoms with Crippen molar-refractivity contribution in [2.24, 2.45) is 5.41 Å². The van der Waals surface area contributed by atoms with E-state index < -0.39 is 49.5 Å². The molecule has 0 bridgehead atoms. The smallest absolute Gasteiger partial charge is 0.311 e. The molecule has 2 saturated heterocycles. The van der Waals surface area contributed by atoms with Crippen LogP contribution >= 0.6 is 11.8 Å². The highest BCUT2D eigenvalue weighted by atomic mass is 32.2. The predicted molar refractivity (Wildman–Crippen MR) is 147 cm³/mol. The van der Waals surface area contributed by atoms with E-state index in [4.69, 9.17) is 23.7 Å². The first-order valence-corrected chi connectivity index (χ1v) is 17.4. The van der Waals surface area contributed by atoms with E-state index >= 15 is 0 Å². The van der Waals surface area contributed by atoms with Crippen LogP contribution < -0.4 is 0 Å². The van der Waals surface area contributed by atoms with E-state index in [1.165, 1.54) is 0 Å². The monoisotopic (exact) mass is 536 g/mol. The van der Waals surface area contributed by atoms with Gasteiger partial charge in [0.2, 0.25) is 0 Å². The summed E-state index contributed by atoms with van der Waals surface area (Å²) in [5.41, 5.74) is -0.965. The summed E-state index contributed by atoms with van der Waals surface area (Å²) in [6.45, 7) is 20.1. The average molecular weight is 537 g/mol. The van der Waals surface area contributed by atoms with Crippen LogP contribution in [-0.4, -0.2) is 55.5 Å². The fraction of sp³-hybridized carbons (Fsp3) is 0.679. The van der Waals surface area contributed by atoms with Crippen molar-refractivity contribution in [3.05, 3.63) is 42.5 Å². The Bertz CT molecular complexity index is 918. The van der Waals surface area contributed by atoms with E-state index in [-0.39, 0.29) is 11.4 Å². The van der Waals surface area contributed by atoms with Crippen LogP contribution in [0.1, 0.15) is 48.5 Å². The standard InChI is InChI=1S/C28H44O6SSi/c1-26(2,3)25(29)30-20(17-14-18-36(8,9)10)21-22(32-27(4,5)31-21)23-24(34-28(6,7)33-23)35-19-15-12-11-13-16-19/h11-17,20-24H,18H2,1-10H3/b17-14+/t20-,21+,22-,23-,24-/m1/s1. The molecule has 6 nitrogen and oxygen atoms in total. The lowest BCUT2D eigenvalue weighted by Gasteiger charge is -2.30. The van der Waals surface area contributed by atoms with Gasteiger partial charge in [-0.25, -0.2) is 0 Å². The van der Waals surface area contributed by atoms with E-state index in [0.29, 0.717) is 0 Å². The van der Waals surface area contributed by atoms with Crippen molar-refractivity contribution in [2.75, 3.05) is 0 Å². The van der Waals surface area contributed by atoms with Gasteiger partial charge in [0.1, 0.15) is 29.9 Å². The summed E-state index contributed by atoms with van der Waals surface area (Å²) < 4.78 is 31.7. The first-order valence-electron chi connectivity index (χ1n) is 12.8. The molecular formula is C28H44O6SSi. The molecule has 2 heterocycles. The highest BCUT2D eigenvalue weighted by Gasteiger charge is 2.56. The van der Waals surface area contributed by atoms with Crippen molar-refractivity contribution < 1.29 is 28.5 Å². The molecule has 0 unspecified atom stereocenters. The quantitative estimate of drug-likeness (QED) is 0.210. The molecule has 0 amide bonds. The van der Waals surface area contributed by atoms with Gasteiger partial charge in [0, 0.05) is 13.0 Å². The van der Waals surface area contributed by atoms with Crippen LogP contribution in [0.3, 0.4) is 0 Å². The van der Waals surface area contributed by atoms with Crippen molar-refractivity contribution >= 4 is 25.8 Å². The van der Waals surface area contributed by atoms with Crippen molar-refractivity contribution in [3.63, 3.8) is 0 Å². The van der Waals surface area contributed by atoms with Crippen LogP contribution in [0.2, 0.25) is 25.7 Å². The largest absolute Gasteiger partial charge is 0.455 e. The molecule has 8 heteroatoms. The second-order valence-corrected chi connectivity index (χ2v) is 19.5. The fourth-order valence-electron chi connectivity index (χ4n) is 4.10. The number of carbonyl (C=O) groups is 1. The molecule has 202 valence electrons. The zero-order chi connectivity index (χ0) is 26.9. The summed E-state index contributed by atoms with van der Waals surface area (Å²) in [6, 6.07) is 11.1. The zero-order valence-corrected chi connectivity index (χ0v) is 25.3. The summed E-state index contributed by atoms with van der Waals surface area (Å²) in [7, 11) is -1.33. The fourth-order valence-corrected chi connectivity index (χ4v) is 6.15. The van der Waals surface area contributed by atoms with Crippen LogP contribution in [0.4, 0.5) is 0 Å². The minimum Gasteiger partial charge on any atom is -0.455 e. The molecule has 0 N–H and O–H groups in total. The van der Waals surface area contributed by atoms with E-state index in [1.807, 2.05) is 72.7 Å². The van der Waals surface area contributed by atoms with Gasteiger partial charge in [-0.05, 0) is 72.7 Å². The molecule has 36 heavy (non-hydrogen) atoms. The summed E-state index contributed by atoms with van der Waals surface area (Å²) in [4.78, 5) is 14.1. The van der Waals surface area contributed by atoms with E-state index in [1.54, 1.807) is 11.8 Å². The molecule has 2 aliphatic rings. The van der Waals surface area contributed by atoms with Gasteiger partial charge in [0.15, 0.2) is 11.6 Å². The maximum absolute atomic E-state index is 13.0. The third-order valence-electron chi connectivity index (χ3n) is 5.81. The Hall–Kier alpha value is -1.16. The third-order valence-corrected chi connectivity index (χ3v) is 8.41. The zero-order valence-electron chi connectivity index (χ0n) is 23.5. The lowest BCUT2D eigenvalue weighted by atomic mass is 9.96. The molecule has 3 rings (SSSR count). The van der Waals surface area contributed by atoms with Crippen molar-refractivity contribution in [2.45, 2.75) is 120 Å². The van der Waals surface area contributed by atoms with Gasteiger partial charge in [-0.15, -0.1) is 0 Å². The third kappa shape index (κ3) is 8.17. The molecule has 0 aromatic heterocycles. The molecular weight excluding hydrogens is 492 g/mol. The Balaban J connectivity index is 1.93. The topological polar surface area (TPSA) is 63.2 Å². The van der Waals surface area contributed by atoms with Crippen LogP contribution in [0.5, 0.6) is 0 Å². The number of benzene rings is 1. The second-order valence-electron chi connectivity index (χ2n) is 12.8. The Morgan fingerprint density at radius 1 is 1.00 bits per heavy atom. The van der Waals surface area contributed by atoms with Crippen LogP contribution in [0.25, 0.3) is 0 Å². The summed E-state index contributed by atoms with van der Waals surface area (Å²) >= 11 is 1.60. The first kappa shape index (κ1) is 29.4. The van der Waals surface area contributed by atoms with Gasteiger partial charge in [-0.3, -0.25) is 4.79 Å². The highest BCUT2D eigenvalue weighted by molar-refractivity contribution is 7.99. The van der Waals surface area contributed by atoms with Gasteiger partial charge in [0.25, 0.3) is 0 Å². The van der Waals surface area contributed by atoms with Crippen LogP contribution in [0, 0.1) is 5.41 Å². The van der Waals surface area contributed by atoms with Gasteiger partial charge in [-0.1, -0.05) is 55.7 Å². The van der Waals surface area contributed by atoms with Crippen LogP contribution in [-0.2, 0) is 28.5 Å². The first-order chi connectivity index (χ1) is 16.5. The summed E-state index contributed by atoms with van der Waals surface area (Å²) in [5.74, 6) is -1.94. The molecule has 0 aliphatic carbocycles. The van der Waals surface area contributed by atoms with E-state index in [9.17, 15) is 4.79 Å². The molecule has 0 spiro atoms. The average Bonchev–Trinajstić information content (AvgIpc) is 3.20. The van der Waals surface area contributed by atoms with Crippen LogP contribution in [0.15, 0.2) is 47.4 Å². The molecule has 0 saturated carbocycles. The minimum atomic E-state index is -1.33. The maximum atomic E-state index is 13.0. The number of rotatable bonds is 8. The Morgan fingerprint density at radius 2 is 1.58 bits per heavy atom.